The zero-order valence-electron chi connectivity index (χ0n) is 10.8. The first kappa shape index (κ1) is 13.0. The van der Waals surface area contributed by atoms with Crippen molar-refractivity contribution in [2.75, 3.05) is 13.1 Å². The second kappa shape index (κ2) is 5.17. The number of hydrogen-bond donors (Lipinski definition) is 2. The van der Waals surface area contributed by atoms with Crippen LogP contribution >= 0.6 is 12.6 Å². The number of amides is 1. The molecule has 1 aliphatic heterocycles. The Hall–Kier alpha value is -1.00. The quantitative estimate of drug-likeness (QED) is 0.809. The van der Waals surface area contributed by atoms with Crippen molar-refractivity contribution >= 4 is 18.5 Å². The zero-order chi connectivity index (χ0) is 13.4. The lowest BCUT2D eigenvalue weighted by Gasteiger charge is -2.18. The third-order valence-corrected chi connectivity index (χ3v) is 4.76. The average Bonchev–Trinajstić information content (AvgIpc) is 2.95. The molecule has 4 heteroatoms. The van der Waals surface area contributed by atoms with E-state index < -0.39 is 0 Å². The minimum Gasteiger partial charge on any atom is -0.393 e. The van der Waals surface area contributed by atoms with Crippen LogP contribution in [0.1, 0.15) is 18.4 Å². The summed E-state index contributed by atoms with van der Waals surface area (Å²) in [6, 6.07) is 7.72. The van der Waals surface area contributed by atoms with Crippen LogP contribution in [-0.2, 0) is 11.2 Å². The summed E-state index contributed by atoms with van der Waals surface area (Å²) >= 11 is 4.24. The highest BCUT2D eigenvalue weighted by atomic mass is 32.1. The second-order valence-corrected chi connectivity index (χ2v) is 6.23. The molecule has 102 valence electrons. The largest absolute Gasteiger partial charge is 0.393 e. The van der Waals surface area contributed by atoms with E-state index in [2.05, 4.69) is 12.6 Å². The second-order valence-electron chi connectivity index (χ2n) is 5.71. The molecule has 2 fully saturated rings. The van der Waals surface area contributed by atoms with Gasteiger partial charge in [-0.15, -0.1) is 12.6 Å². The summed E-state index contributed by atoms with van der Waals surface area (Å²) in [6.07, 6.45) is 2.21. The van der Waals surface area contributed by atoms with Crippen molar-refractivity contribution < 1.29 is 9.90 Å². The highest BCUT2D eigenvalue weighted by Gasteiger charge is 2.43. The van der Waals surface area contributed by atoms with Gasteiger partial charge in [0.05, 0.1) is 12.5 Å². The Balaban J connectivity index is 1.61. The van der Waals surface area contributed by atoms with Gasteiger partial charge < -0.3 is 10.0 Å². The lowest BCUT2D eigenvalue weighted by atomic mass is 10.00. The summed E-state index contributed by atoms with van der Waals surface area (Å²) in [7, 11) is 0. The van der Waals surface area contributed by atoms with Gasteiger partial charge in [-0.1, -0.05) is 12.1 Å². The molecule has 0 bridgehead atoms. The van der Waals surface area contributed by atoms with Crippen molar-refractivity contribution in [1.82, 2.24) is 4.90 Å². The van der Waals surface area contributed by atoms with E-state index in [4.69, 9.17) is 0 Å². The van der Waals surface area contributed by atoms with E-state index in [-0.39, 0.29) is 12.0 Å². The van der Waals surface area contributed by atoms with E-state index in [0.29, 0.717) is 18.3 Å². The van der Waals surface area contributed by atoms with E-state index in [0.717, 1.165) is 36.4 Å². The van der Waals surface area contributed by atoms with Gasteiger partial charge in [0.1, 0.15) is 0 Å². The SMILES string of the molecule is O=C(Cc1ccc(S)cc1)N1CC2CCC(O)C2C1. The maximum absolute atomic E-state index is 12.3. The summed E-state index contributed by atoms with van der Waals surface area (Å²) < 4.78 is 0. The molecule has 0 radical (unpaired) electrons. The normalized spacial score (nSPS) is 29.6. The van der Waals surface area contributed by atoms with Gasteiger partial charge in [0.15, 0.2) is 0 Å². The molecule has 0 aromatic heterocycles. The molecule has 3 nitrogen and oxygen atoms in total. The van der Waals surface area contributed by atoms with Crippen molar-refractivity contribution in [1.29, 1.82) is 0 Å². The maximum atomic E-state index is 12.3. The monoisotopic (exact) mass is 277 g/mol. The first-order valence-corrected chi connectivity index (χ1v) is 7.32. The molecule has 2 aliphatic rings. The number of rotatable bonds is 2. The molecule has 1 aromatic rings. The number of thiol groups is 1. The Morgan fingerprint density at radius 2 is 2.00 bits per heavy atom. The number of fused-ring (bicyclic) bond motifs is 1. The van der Waals surface area contributed by atoms with Gasteiger partial charge in [-0.05, 0) is 36.5 Å². The number of aliphatic hydroxyl groups is 1. The Bertz CT molecular complexity index is 474. The average molecular weight is 277 g/mol. The molecule has 1 aromatic carbocycles. The fourth-order valence-corrected chi connectivity index (χ4v) is 3.49. The van der Waals surface area contributed by atoms with Gasteiger partial charge in [0.2, 0.25) is 5.91 Å². The van der Waals surface area contributed by atoms with Crippen LogP contribution in [0.2, 0.25) is 0 Å². The third kappa shape index (κ3) is 2.65. The Labute approximate surface area is 119 Å². The van der Waals surface area contributed by atoms with E-state index in [9.17, 15) is 9.90 Å². The Morgan fingerprint density at radius 3 is 2.68 bits per heavy atom. The lowest BCUT2D eigenvalue weighted by molar-refractivity contribution is -0.129. The molecule has 3 rings (SSSR count). The highest BCUT2D eigenvalue weighted by molar-refractivity contribution is 7.80. The maximum Gasteiger partial charge on any atom is 0.227 e. The molecule has 3 atom stereocenters. The van der Waals surface area contributed by atoms with E-state index in [1.165, 1.54) is 0 Å². The van der Waals surface area contributed by atoms with Gasteiger partial charge >= 0.3 is 0 Å². The van der Waals surface area contributed by atoms with Crippen LogP contribution in [0.5, 0.6) is 0 Å². The van der Waals surface area contributed by atoms with Crippen LogP contribution in [0, 0.1) is 11.8 Å². The fraction of sp³-hybridized carbons (Fsp3) is 0.533. The number of nitrogens with zero attached hydrogens (tertiary/aromatic N) is 1. The number of benzene rings is 1. The number of carbonyl (C=O) groups excluding carboxylic acids is 1. The molecule has 19 heavy (non-hydrogen) atoms. The molecule has 1 saturated carbocycles. The van der Waals surface area contributed by atoms with Gasteiger partial charge in [-0.2, -0.15) is 0 Å². The number of carbonyl (C=O) groups is 1. The summed E-state index contributed by atoms with van der Waals surface area (Å²) in [6.45, 7) is 1.56. The molecule has 1 aliphatic carbocycles. The van der Waals surface area contributed by atoms with E-state index in [1.807, 2.05) is 29.2 Å². The van der Waals surface area contributed by atoms with Crippen LogP contribution in [0.3, 0.4) is 0 Å². The van der Waals surface area contributed by atoms with Gasteiger partial charge in [0.25, 0.3) is 0 Å². The predicted octanol–water partition coefficient (Wildman–Crippen LogP) is 1.75. The summed E-state index contributed by atoms with van der Waals surface area (Å²) in [5.74, 6) is 0.996. The van der Waals surface area contributed by atoms with Crippen LogP contribution in [0.25, 0.3) is 0 Å². The first-order valence-electron chi connectivity index (χ1n) is 6.87. The molecule has 1 amide bonds. The molecule has 3 unspecified atom stereocenters. The van der Waals surface area contributed by atoms with Crippen LogP contribution in [0.15, 0.2) is 29.2 Å². The minimum absolute atomic E-state index is 0.175. The number of hydrogen-bond acceptors (Lipinski definition) is 3. The van der Waals surface area contributed by atoms with Crippen molar-refractivity contribution in [2.24, 2.45) is 11.8 Å². The van der Waals surface area contributed by atoms with Crippen LogP contribution < -0.4 is 0 Å². The zero-order valence-corrected chi connectivity index (χ0v) is 11.7. The fourth-order valence-electron chi connectivity index (χ4n) is 3.34. The topological polar surface area (TPSA) is 40.5 Å². The summed E-state index contributed by atoms with van der Waals surface area (Å²) in [4.78, 5) is 15.1. The lowest BCUT2D eigenvalue weighted by Crippen LogP contribution is -2.32. The first-order chi connectivity index (χ1) is 9.13. The molecule has 1 heterocycles. The molecular formula is C15H19NO2S. The van der Waals surface area contributed by atoms with E-state index >= 15 is 0 Å². The Kier molecular flexibility index (Phi) is 3.54. The molecule has 0 spiro atoms. The van der Waals surface area contributed by atoms with Crippen molar-refractivity contribution in [3.8, 4) is 0 Å². The van der Waals surface area contributed by atoms with Gasteiger partial charge in [-0.3, -0.25) is 4.79 Å². The van der Waals surface area contributed by atoms with Crippen molar-refractivity contribution in [3.63, 3.8) is 0 Å². The van der Waals surface area contributed by atoms with Crippen LogP contribution in [-0.4, -0.2) is 35.1 Å². The highest BCUT2D eigenvalue weighted by Crippen LogP contribution is 2.38. The summed E-state index contributed by atoms with van der Waals surface area (Å²) in [5, 5.41) is 9.87. The standard InChI is InChI=1S/C15H19NO2S/c17-14-6-3-11-8-16(9-13(11)14)15(18)7-10-1-4-12(19)5-2-10/h1-2,4-5,11,13-14,17,19H,3,6-9H2. The predicted molar refractivity (Wildman–Crippen MR) is 76.2 cm³/mol. The summed E-state index contributed by atoms with van der Waals surface area (Å²) in [5.41, 5.74) is 1.03. The minimum atomic E-state index is -0.203. The smallest absolute Gasteiger partial charge is 0.227 e. The van der Waals surface area contributed by atoms with Crippen molar-refractivity contribution in [3.05, 3.63) is 29.8 Å². The number of likely N-dealkylation sites (tertiary alicyclic amines) is 1. The van der Waals surface area contributed by atoms with E-state index in [1.54, 1.807) is 0 Å². The Morgan fingerprint density at radius 1 is 1.26 bits per heavy atom. The number of aliphatic hydroxyl groups excluding tert-OH is 1. The molecule has 1 N–H and O–H groups in total. The van der Waals surface area contributed by atoms with Gasteiger partial charge in [0, 0.05) is 23.9 Å². The van der Waals surface area contributed by atoms with Crippen molar-refractivity contribution in [2.45, 2.75) is 30.3 Å². The molecular weight excluding hydrogens is 258 g/mol. The third-order valence-electron chi connectivity index (χ3n) is 4.46. The van der Waals surface area contributed by atoms with Gasteiger partial charge in [-0.25, -0.2) is 0 Å². The van der Waals surface area contributed by atoms with Crippen LogP contribution in [0.4, 0.5) is 0 Å². The molecule has 1 saturated heterocycles.